The van der Waals surface area contributed by atoms with Gasteiger partial charge >= 0.3 is 0 Å². The zero-order chi connectivity index (χ0) is 20.8. The van der Waals surface area contributed by atoms with Gasteiger partial charge in [0.05, 0.1) is 12.9 Å². The molecule has 0 fully saturated rings. The van der Waals surface area contributed by atoms with Crippen LogP contribution in [0.5, 0.6) is 0 Å². The molecule has 1 aliphatic rings. The Hall–Kier alpha value is -3.20. The molecule has 1 aromatic carbocycles. The molecule has 30 heavy (non-hydrogen) atoms. The quantitative estimate of drug-likeness (QED) is 0.453. The minimum absolute atomic E-state index is 0.258. The summed E-state index contributed by atoms with van der Waals surface area (Å²) >= 11 is 0. The Morgan fingerprint density at radius 1 is 1.33 bits per heavy atom. The fourth-order valence-electron chi connectivity index (χ4n) is 3.67. The number of hydrogen-bond donors (Lipinski definition) is 2. The number of ether oxygens (including phenoxy) is 1. The smallest absolute Gasteiger partial charge is 0.191 e. The van der Waals surface area contributed by atoms with Gasteiger partial charge in [-0.25, -0.2) is 14.6 Å². The van der Waals surface area contributed by atoms with Gasteiger partial charge in [-0.15, -0.1) is 0 Å². The van der Waals surface area contributed by atoms with Crippen molar-refractivity contribution in [2.24, 2.45) is 4.99 Å². The van der Waals surface area contributed by atoms with Crippen LogP contribution >= 0.6 is 0 Å². The third-order valence-corrected chi connectivity index (χ3v) is 5.12. The van der Waals surface area contributed by atoms with Gasteiger partial charge in [-0.1, -0.05) is 24.3 Å². The number of aliphatic imine (C=N–C) groups is 1. The van der Waals surface area contributed by atoms with E-state index in [1.54, 1.807) is 20.4 Å². The van der Waals surface area contributed by atoms with E-state index < -0.39 is 0 Å². The Kier molecular flexibility index (Phi) is 6.38. The molecule has 3 aromatic rings. The summed E-state index contributed by atoms with van der Waals surface area (Å²) in [6, 6.07) is 8.81. The van der Waals surface area contributed by atoms with Crippen molar-refractivity contribution in [3.63, 3.8) is 0 Å². The van der Waals surface area contributed by atoms with Crippen molar-refractivity contribution in [2.75, 3.05) is 14.2 Å². The first-order valence-corrected chi connectivity index (χ1v) is 10.2. The third kappa shape index (κ3) is 5.04. The summed E-state index contributed by atoms with van der Waals surface area (Å²) < 4.78 is 9.17. The number of aryl methyl sites for hydroxylation is 1. The molecule has 2 aromatic heterocycles. The number of guanidine groups is 1. The molecule has 0 bridgehead atoms. The molecule has 0 amide bonds. The topological polar surface area (TPSA) is 94.2 Å². The Morgan fingerprint density at radius 3 is 3.03 bits per heavy atom. The molecule has 2 N–H and O–H groups in total. The van der Waals surface area contributed by atoms with Crippen molar-refractivity contribution in [1.29, 1.82) is 0 Å². The molecule has 0 saturated heterocycles. The molecule has 0 saturated carbocycles. The summed E-state index contributed by atoms with van der Waals surface area (Å²) in [7, 11) is 3.46. The van der Waals surface area contributed by atoms with E-state index in [2.05, 4.69) is 59.5 Å². The van der Waals surface area contributed by atoms with Crippen LogP contribution in [0.4, 0.5) is 0 Å². The molecule has 1 aliphatic heterocycles. The van der Waals surface area contributed by atoms with Gasteiger partial charge in [0.25, 0.3) is 0 Å². The van der Waals surface area contributed by atoms with Crippen molar-refractivity contribution in [3.8, 4) is 0 Å². The van der Waals surface area contributed by atoms with Crippen LogP contribution in [-0.2, 0) is 37.4 Å². The SMILES string of the molecule is CN=C(NCc1cccc(Cn2ccnc2)c1)NC1CCc2nc(COC)nn2C1. The van der Waals surface area contributed by atoms with Crippen LogP contribution in [0.25, 0.3) is 0 Å². The van der Waals surface area contributed by atoms with Crippen molar-refractivity contribution in [3.05, 3.63) is 65.8 Å². The van der Waals surface area contributed by atoms with Gasteiger partial charge in [0.1, 0.15) is 12.4 Å². The second kappa shape index (κ2) is 9.53. The molecule has 3 heterocycles. The second-order valence-corrected chi connectivity index (χ2v) is 7.42. The van der Waals surface area contributed by atoms with Gasteiger partial charge in [-0.05, 0) is 17.5 Å². The summed E-state index contributed by atoms with van der Waals surface area (Å²) in [5.41, 5.74) is 2.45. The molecule has 1 atom stereocenters. The lowest BCUT2D eigenvalue weighted by molar-refractivity contribution is 0.177. The molecule has 1 unspecified atom stereocenters. The van der Waals surface area contributed by atoms with E-state index in [0.29, 0.717) is 13.2 Å². The van der Waals surface area contributed by atoms with E-state index in [9.17, 15) is 0 Å². The van der Waals surface area contributed by atoms with E-state index in [-0.39, 0.29) is 6.04 Å². The first-order valence-electron chi connectivity index (χ1n) is 10.2. The summed E-state index contributed by atoms with van der Waals surface area (Å²) in [5.74, 6) is 2.56. The molecule has 4 rings (SSSR count). The largest absolute Gasteiger partial charge is 0.377 e. The second-order valence-electron chi connectivity index (χ2n) is 7.42. The van der Waals surface area contributed by atoms with Gasteiger partial charge in [0, 0.05) is 52.1 Å². The predicted octanol–water partition coefficient (Wildman–Crippen LogP) is 1.35. The van der Waals surface area contributed by atoms with E-state index in [4.69, 9.17) is 4.74 Å². The Labute approximate surface area is 176 Å². The number of nitrogens with one attached hydrogen (secondary N) is 2. The average molecular weight is 409 g/mol. The van der Waals surface area contributed by atoms with Crippen molar-refractivity contribution >= 4 is 5.96 Å². The highest BCUT2D eigenvalue weighted by Gasteiger charge is 2.22. The molecule has 0 spiro atoms. The molecule has 158 valence electrons. The fraction of sp³-hybridized carbons (Fsp3) is 0.429. The maximum atomic E-state index is 5.14. The third-order valence-electron chi connectivity index (χ3n) is 5.12. The molecule has 9 heteroatoms. The van der Waals surface area contributed by atoms with E-state index in [1.807, 2.05) is 17.2 Å². The summed E-state index contributed by atoms with van der Waals surface area (Å²) in [6.07, 6.45) is 7.49. The fourth-order valence-corrected chi connectivity index (χ4v) is 3.67. The van der Waals surface area contributed by atoms with E-state index in [0.717, 1.165) is 43.5 Å². The van der Waals surface area contributed by atoms with Gasteiger partial charge in [-0.2, -0.15) is 5.10 Å². The van der Waals surface area contributed by atoms with Crippen LogP contribution in [0.3, 0.4) is 0 Å². The van der Waals surface area contributed by atoms with Crippen molar-refractivity contribution in [2.45, 2.75) is 45.1 Å². The molecular weight excluding hydrogens is 380 g/mol. The monoisotopic (exact) mass is 408 g/mol. The number of rotatable bonds is 7. The number of methoxy groups -OCH3 is 1. The van der Waals surface area contributed by atoms with Crippen LogP contribution < -0.4 is 10.6 Å². The van der Waals surface area contributed by atoms with E-state index >= 15 is 0 Å². The van der Waals surface area contributed by atoms with Crippen LogP contribution in [0, 0.1) is 0 Å². The molecule has 0 aliphatic carbocycles. The zero-order valence-electron chi connectivity index (χ0n) is 17.5. The zero-order valence-corrected chi connectivity index (χ0v) is 17.5. The van der Waals surface area contributed by atoms with Gasteiger partial charge < -0.3 is 19.9 Å². The predicted molar refractivity (Wildman–Crippen MR) is 114 cm³/mol. The maximum absolute atomic E-state index is 5.14. The lowest BCUT2D eigenvalue weighted by atomic mass is 10.1. The van der Waals surface area contributed by atoms with Crippen molar-refractivity contribution in [1.82, 2.24) is 34.9 Å². The molecule has 9 nitrogen and oxygen atoms in total. The first kappa shape index (κ1) is 20.1. The molecule has 0 radical (unpaired) electrons. The summed E-state index contributed by atoms with van der Waals surface area (Å²) in [4.78, 5) is 13.0. The van der Waals surface area contributed by atoms with Crippen LogP contribution in [0.2, 0.25) is 0 Å². The standard InChI is InChI=1S/C21H28N8O/c1-22-21(25-18-6-7-20-26-19(14-30-2)27-29(20)13-18)24-11-16-4-3-5-17(10-16)12-28-9-8-23-15-28/h3-5,8-10,15,18H,6-7,11-14H2,1-2H3,(H2,22,24,25). The minimum atomic E-state index is 0.258. The summed E-state index contributed by atoms with van der Waals surface area (Å²) in [6.45, 7) is 2.74. The van der Waals surface area contributed by atoms with Gasteiger partial charge in [0.15, 0.2) is 11.8 Å². The number of benzene rings is 1. The number of hydrogen-bond acceptors (Lipinski definition) is 5. The first-order chi connectivity index (χ1) is 14.7. The van der Waals surface area contributed by atoms with Gasteiger partial charge in [0.2, 0.25) is 0 Å². The lowest BCUT2D eigenvalue weighted by Crippen LogP contribution is -2.46. The highest BCUT2D eigenvalue weighted by Crippen LogP contribution is 2.13. The Morgan fingerprint density at radius 2 is 2.23 bits per heavy atom. The normalized spacial score (nSPS) is 16.3. The highest BCUT2D eigenvalue weighted by molar-refractivity contribution is 5.79. The van der Waals surface area contributed by atoms with Crippen LogP contribution in [0.15, 0.2) is 48.0 Å². The van der Waals surface area contributed by atoms with Crippen LogP contribution in [0.1, 0.15) is 29.2 Å². The Balaban J connectivity index is 1.31. The summed E-state index contributed by atoms with van der Waals surface area (Å²) in [5, 5.41) is 11.5. The highest BCUT2D eigenvalue weighted by atomic mass is 16.5. The minimum Gasteiger partial charge on any atom is -0.377 e. The average Bonchev–Trinajstić information content (AvgIpc) is 3.40. The number of fused-ring (bicyclic) bond motifs is 1. The number of aromatic nitrogens is 5. The van der Waals surface area contributed by atoms with E-state index in [1.165, 1.54) is 11.1 Å². The lowest BCUT2D eigenvalue weighted by Gasteiger charge is -2.25. The number of nitrogens with zero attached hydrogens (tertiary/aromatic N) is 6. The van der Waals surface area contributed by atoms with Crippen LogP contribution in [-0.4, -0.2) is 50.5 Å². The number of imidazole rings is 1. The Bertz CT molecular complexity index is 979. The van der Waals surface area contributed by atoms with Gasteiger partial charge in [-0.3, -0.25) is 4.99 Å². The van der Waals surface area contributed by atoms with Crippen molar-refractivity contribution < 1.29 is 4.74 Å². The molecular formula is C21H28N8O. The maximum Gasteiger partial charge on any atom is 0.191 e.